The minimum absolute atomic E-state index is 0. The van der Waals surface area contributed by atoms with Crippen LogP contribution in [0.3, 0.4) is 0 Å². The number of hydrogen-bond acceptors (Lipinski definition) is 14. The SMILES string of the molecule is C.C.C.Cc1cc(CNC(=O)c2cc(C(=O)N[C@@H]3c4ccc(Br)cc4C[C@@H]3O)ncn2)ccc1F.Cc1cc(CNC(=O)c2cc(C(=O)N[C@H]3c4ccc(Br)cc4C[C@@H]3O)ncn2)ccc1F.Cc1cc(CNC(=O)c2cc(C(=O)O)ncn2)ccc1F. The summed E-state index contributed by atoms with van der Waals surface area (Å²) in [5.74, 6) is -4.71. The van der Waals surface area contributed by atoms with Gasteiger partial charge in [0.05, 0.1) is 24.3 Å². The zero-order chi connectivity index (χ0) is 61.1. The molecule has 88 heavy (non-hydrogen) atoms. The molecule has 0 radical (unpaired) electrons. The molecule has 8 aromatic rings. The van der Waals surface area contributed by atoms with Gasteiger partial charge in [-0.3, -0.25) is 24.0 Å². The summed E-state index contributed by atoms with van der Waals surface area (Å²) in [7, 11) is 0. The Hall–Kier alpha value is -9.17. The van der Waals surface area contributed by atoms with Crippen LogP contribution >= 0.6 is 31.9 Å². The largest absolute Gasteiger partial charge is 0.477 e. The predicted octanol–water partition coefficient (Wildman–Crippen LogP) is 9.47. The zero-order valence-corrected chi connectivity index (χ0v) is 48.5. The van der Waals surface area contributed by atoms with Crippen LogP contribution in [0.4, 0.5) is 13.2 Å². The Balaban J connectivity index is 0.000000242. The molecule has 0 unspecified atom stereocenters. The number of nitrogens with zero attached hydrogens (tertiary/aromatic N) is 6. The summed E-state index contributed by atoms with van der Waals surface area (Å²) >= 11 is 6.82. The van der Waals surface area contributed by atoms with Crippen molar-refractivity contribution >= 4 is 67.4 Å². The Morgan fingerprint density at radius 3 is 1.05 bits per heavy atom. The Morgan fingerprint density at radius 1 is 0.443 bits per heavy atom. The van der Waals surface area contributed by atoms with Crippen LogP contribution in [0, 0.1) is 38.2 Å². The van der Waals surface area contributed by atoms with E-state index in [1.165, 1.54) is 30.3 Å². The van der Waals surface area contributed by atoms with Crippen LogP contribution in [0.25, 0.3) is 0 Å². The first-order valence-corrected chi connectivity index (χ1v) is 27.5. The van der Waals surface area contributed by atoms with Gasteiger partial charge in [0.15, 0.2) is 5.69 Å². The summed E-state index contributed by atoms with van der Waals surface area (Å²) in [6.07, 6.45) is 2.64. The van der Waals surface area contributed by atoms with E-state index < -0.39 is 59.8 Å². The minimum atomic E-state index is -1.24. The number of amides is 5. The van der Waals surface area contributed by atoms with E-state index in [1.54, 1.807) is 57.2 Å². The summed E-state index contributed by atoms with van der Waals surface area (Å²) < 4.78 is 41.7. The van der Waals surface area contributed by atoms with Crippen molar-refractivity contribution in [3.8, 4) is 0 Å². The number of fused-ring (bicyclic) bond motifs is 2. The highest BCUT2D eigenvalue weighted by atomic mass is 79.9. The van der Waals surface area contributed by atoms with E-state index >= 15 is 0 Å². The van der Waals surface area contributed by atoms with Crippen LogP contribution in [-0.4, -0.2) is 92.9 Å². The molecule has 8 N–H and O–H groups in total. The first-order chi connectivity index (χ1) is 40.6. The van der Waals surface area contributed by atoms with Crippen LogP contribution < -0.4 is 26.6 Å². The average molecular weight is 1340 g/mol. The Labute approximate surface area is 522 Å². The van der Waals surface area contributed by atoms with Crippen LogP contribution in [0.5, 0.6) is 0 Å². The van der Waals surface area contributed by atoms with Crippen molar-refractivity contribution in [2.75, 3.05) is 0 Å². The maximum absolute atomic E-state index is 13.4. The molecule has 5 amide bonds. The number of benzene rings is 5. The molecule has 25 heteroatoms. The van der Waals surface area contributed by atoms with E-state index in [9.17, 15) is 52.2 Å². The lowest BCUT2D eigenvalue weighted by Gasteiger charge is -2.17. The quantitative estimate of drug-likeness (QED) is 0.0503. The standard InChI is InChI=1S/2C23H20BrFN4O3.C14H12FN3O3.3CH4/c2*1-12-6-13(2-5-17(12)25)10-26-22(31)18-9-19(28-11-27-18)23(32)29-21-16-4-3-15(24)7-14(16)8-20(21)30;1-8-4-9(2-3-10(8)15)6-16-13(19)11-5-12(14(20)21)18-7-17-11;;;/h2*2-7,9,11,20-21,30H,8,10H2,1H3,(H,26,31)(H,29,32);2-5,7H,6H2,1H3,(H,16,19)(H,20,21);3*1H4/t20-,21+;20-,21-;;;;/m00..../s1. The molecule has 3 heterocycles. The number of nitrogens with one attached hydrogen (secondary N) is 5. The third kappa shape index (κ3) is 18.0. The number of carbonyl (C=O) groups is 6. The fraction of sp³-hybridized carbons (Fsp3) is 0.238. The van der Waals surface area contributed by atoms with Crippen molar-refractivity contribution in [3.05, 3.63) is 244 Å². The van der Waals surface area contributed by atoms with Gasteiger partial charge >= 0.3 is 5.97 Å². The number of aromatic nitrogens is 6. The van der Waals surface area contributed by atoms with Crippen molar-refractivity contribution in [2.45, 2.75) is 99.8 Å². The van der Waals surface area contributed by atoms with Gasteiger partial charge in [-0.1, -0.05) is 103 Å². The number of aryl methyl sites for hydroxylation is 3. The summed E-state index contributed by atoms with van der Waals surface area (Å²) in [5.41, 5.74) is 7.05. The normalized spacial score (nSPS) is 14.8. The van der Waals surface area contributed by atoms with Crippen LogP contribution in [0.2, 0.25) is 0 Å². The molecule has 4 atom stereocenters. The van der Waals surface area contributed by atoms with Crippen LogP contribution in [0.1, 0.15) is 153 Å². The summed E-state index contributed by atoms with van der Waals surface area (Å²) in [4.78, 5) is 96.2. The topological polar surface area (TPSA) is 301 Å². The first-order valence-electron chi connectivity index (χ1n) is 25.9. The number of aliphatic hydroxyl groups is 2. The number of rotatable bonds is 14. The number of carbonyl (C=O) groups excluding carboxylic acids is 5. The van der Waals surface area contributed by atoms with E-state index in [0.29, 0.717) is 29.5 Å². The lowest BCUT2D eigenvalue weighted by atomic mass is 10.1. The lowest BCUT2D eigenvalue weighted by Crippen LogP contribution is -2.34. The third-order valence-electron chi connectivity index (χ3n) is 13.5. The average Bonchev–Trinajstić information content (AvgIpc) is 1.96. The predicted molar refractivity (Wildman–Crippen MR) is 328 cm³/mol. The third-order valence-corrected chi connectivity index (χ3v) is 14.5. The molecule has 0 saturated carbocycles. The highest BCUT2D eigenvalue weighted by Gasteiger charge is 2.34. The number of aromatic carboxylic acids is 1. The maximum atomic E-state index is 13.4. The number of halogens is 5. The Kier molecular flexibility index (Phi) is 24.9. The minimum Gasteiger partial charge on any atom is -0.477 e. The van der Waals surface area contributed by atoms with Crippen LogP contribution in [0.15, 0.2) is 137 Å². The van der Waals surface area contributed by atoms with Crippen molar-refractivity contribution < 1.29 is 57.3 Å². The molecular weight excluding hydrogens is 1270 g/mol. The highest BCUT2D eigenvalue weighted by molar-refractivity contribution is 9.10. The molecule has 0 bridgehead atoms. The second kappa shape index (κ2) is 31.5. The van der Waals surface area contributed by atoms with E-state index in [4.69, 9.17) is 5.11 Å². The number of hydrogen-bond donors (Lipinski definition) is 8. The summed E-state index contributed by atoms with van der Waals surface area (Å²) in [6, 6.07) is 27.5. The molecule has 10 rings (SSSR count). The van der Waals surface area contributed by atoms with Crippen molar-refractivity contribution in [3.63, 3.8) is 0 Å². The zero-order valence-electron chi connectivity index (χ0n) is 45.3. The van der Waals surface area contributed by atoms with Gasteiger partial charge in [0, 0.05) is 59.6 Å². The van der Waals surface area contributed by atoms with Crippen molar-refractivity contribution in [2.24, 2.45) is 0 Å². The van der Waals surface area contributed by atoms with Gasteiger partial charge in [-0.05, 0) is 119 Å². The number of carboxylic acid groups (broad SMARTS) is 1. The molecule has 3 aromatic heterocycles. The first kappa shape index (κ1) is 69.6. The molecule has 0 spiro atoms. The van der Waals surface area contributed by atoms with E-state index in [1.807, 2.05) is 36.4 Å². The number of aliphatic hydroxyl groups excluding tert-OH is 2. The molecule has 0 fully saturated rings. The lowest BCUT2D eigenvalue weighted by molar-refractivity contribution is 0.0688. The fourth-order valence-corrected chi connectivity index (χ4v) is 9.88. The molecular formula is C63H64Br2F3N11O9. The maximum Gasteiger partial charge on any atom is 0.354 e. The second-order valence-electron chi connectivity index (χ2n) is 19.6. The molecule has 460 valence electrons. The Bertz CT molecular complexity index is 3700. The second-order valence-corrected chi connectivity index (χ2v) is 21.4. The van der Waals surface area contributed by atoms with Crippen molar-refractivity contribution in [1.29, 1.82) is 0 Å². The van der Waals surface area contributed by atoms with Gasteiger partial charge in [-0.25, -0.2) is 47.9 Å². The molecule has 2 aliphatic rings. The fourth-order valence-electron chi connectivity index (χ4n) is 9.07. The number of carboxylic acids is 1. The van der Waals surface area contributed by atoms with Gasteiger partial charge in [-0.15, -0.1) is 0 Å². The van der Waals surface area contributed by atoms with Crippen molar-refractivity contribution in [1.82, 2.24) is 56.5 Å². The Morgan fingerprint density at radius 2 is 0.739 bits per heavy atom. The van der Waals surface area contributed by atoms with E-state index in [2.05, 4.69) is 88.3 Å². The van der Waals surface area contributed by atoms with Gasteiger partial charge in [0.1, 0.15) is 64.9 Å². The van der Waals surface area contributed by atoms with E-state index in [0.717, 1.165) is 72.9 Å². The monoisotopic (exact) mass is 1330 g/mol. The molecule has 5 aromatic carbocycles. The summed E-state index contributed by atoms with van der Waals surface area (Å²) in [5, 5.41) is 43.2. The summed E-state index contributed by atoms with van der Waals surface area (Å²) in [6.45, 7) is 5.48. The van der Waals surface area contributed by atoms with Gasteiger partial charge in [0.25, 0.3) is 29.5 Å². The van der Waals surface area contributed by atoms with Gasteiger partial charge in [0.2, 0.25) is 0 Å². The highest BCUT2D eigenvalue weighted by Crippen LogP contribution is 2.35. The van der Waals surface area contributed by atoms with Crippen LogP contribution in [-0.2, 0) is 32.5 Å². The van der Waals surface area contributed by atoms with Gasteiger partial charge in [-0.2, -0.15) is 0 Å². The smallest absolute Gasteiger partial charge is 0.354 e. The molecule has 2 aliphatic carbocycles. The molecule has 0 saturated heterocycles. The van der Waals surface area contributed by atoms with E-state index in [-0.39, 0.29) is 93.5 Å². The molecule has 20 nitrogen and oxygen atoms in total. The van der Waals surface area contributed by atoms with Gasteiger partial charge < -0.3 is 41.9 Å². The molecule has 0 aliphatic heterocycles.